The van der Waals surface area contributed by atoms with Gasteiger partial charge in [0.15, 0.2) is 0 Å². The minimum Gasteiger partial charge on any atom is -0.299 e. The summed E-state index contributed by atoms with van der Waals surface area (Å²) in [6, 6.07) is 9.46. The fourth-order valence-corrected chi connectivity index (χ4v) is 1.30. The van der Waals surface area contributed by atoms with Gasteiger partial charge in [0, 0.05) is 12.3 Å². The van der Waals surface area contributed by atoms with Crippen molar-refractivity contribution in [3.05, 3.63) is 35.4 Å². The maximum Gasteiger partial charge on any atom is 0.135 e. The molecule has 0 atom stereocenters. The van der Waals surface area contributed by atoms with Crippen LogP contribution in [0.2, 0.25) is 0 Å². The van der Waals surface area contributed by atoms with E-state index in [1.165, 1.54) is 0 Å². The summed E-state index contributed by atoms with van der Waals surface area (Å²) in [6.45, 7) is 3.84. The van der Waals surface area contributed by atoms with E-state index in [1.807, 2.05) is 26.0 Å². The Labute approximate surface area is 90.5 Å². The summed E-state index contributed by atoms with van der Waals surface area (Å²) in [5, 5.41) is 8.62. The number of hydrogen-bond acceptors (Lipinski definition) is 2. The van der Waals surface area contributed by atoms with Crippen LogP contribution in [0.15, 0.2) is 24.3 Å². The molecule has 2 nitrogen and oxygen atoms in total. The number of nitrogens with zero attached hydrogens (tertiary/aromatic N) is 1. The van der Waals surface area contributed by atoms with Gasteiger partial charge in [-0.05, 0) is 24.1 Å². The largest absolute Gasteiger partial charge is 0.299 e. The molecule has 0 amide bonds. The molecule has 0 heterocycles. The number of nitriles is 1. The zero-order chi connectivity index (χ0) is 11.3. The molecule has 1 aromatic rings. The van der Waals surface area contributed by atoms with Crippen LogP contribution in [0.1, 0.15) is 31.4 Å². The maximum atomic E-state index is 11.4. The van der Waals surface area contributed by atoms with Gasteiger partial charge in [0.1, 0.15) is 5.78 Å². The topological polar surface area (TPSA) is 40.9 Å². The first-order chi connectivity index (χ1) is 7.13. The number of carbonyl (C=O) groups excluding carboxylic acids is 1. The average molecular weight is 201 g/mol. The highest BCUT2D eigenvalue weighted by Gasteiger charge is 2.06. The molecule has 15 heavy (non-hydrogen) atoms. The second-order valence-electron chi connectivity index (χ2n) is 3.93. The number of aryl methyl sites for hydroxylation is 1. The van der Waals surface area contributed by atoms with Crippen molar-refractivity contribution in [3.63, 3.8) is 0 Å². The first-order valence-electron chi connectivity index (χ1n) is 5.15. The smallest absolute Gasteiger partial charge is 0.135 e. The van der Waals surface area contributed by atoms with Gasteiger partial charge in [0.05, 0.1) is 11.6 Å². The van der Waals surface area contributed by atoms with E-state index in [0.29, 0.717) is 17.8 Å². The van der Waals surface area contributed by atoms with Crippen LogP contribution < -0.4 is 0 Å². The van der Waals surface area contributed by atoms with E-state index in [9.17, 15) is 4.79 Å². The number of ketones is 1. The molecule has 0 N–H and O–H groups in total. The standard InChI is InChI=1S/C13H15NO/c1-10(2)13(15)8-7-11-3-5-12(9-14)6-4-11/h3-6,10H,7-8H2,1-2H3. The van der Waals surface area contributed by atoms with Gasteiger partial charge in [0.25, 0.3) is 0 Å². The minimum absolute atomic E-state index is 0.114. The zero-order valence-electron chi connectivity index (χ0n) is 9.16. The fraction of sp³-hybridized carbons (Fsp3) is 0.385. The van der Waals surface area contributed by atoms with Crippen LogP contribution in [0, 0.1) is 17.2 Å². The first kappa shape index (κ1) is 11.5. The van der Waals surface area contributed by atoms with Crippen molar-refractivity contribution in [1.29, 1.82) is 5.26 Å². The molecular weight excluding hydrogens is 186 g/mol. The summed E-state index contributed by atoms with van der Waals surface area (Å²) in [5.74, 6) is 0.405. The lowest BCUT2D eigenvalue weighted by Gasteiger charge is -2.03. The van der Waals surface area contributed by atoms with E-state index in [0.717, 1.165) is 12.0 Å². The van der Waals surface area contributed by atoms with E-state index in [1.54, 1.807) is 12.1 Å². The molecule has 0 aromatic heterocycles. The van der Waals surface area contributed by atoms with Crippen LogP contribution in [0.25, 0.3) is 0 Å². The molecule has 0 unspecified atom stereocenters. The monoisotopic (exact) mass is 201 g/mol. The molecule has 0 aliphatic heterocycles. The Morgan fingerprint density at radius 3 is 2.40 bits per heavy atom. The van der Waals surface area contributed by atoms with Crippen LogP contribution in [0.4, 0.5) is 0 Å². The Balaban J connectivity index is 2.52. The van der Waals surface area contributed by atoms with Gasteiger partial charge in [-0.1, -0.05) is 26.0 Å². The van der Waals surface area contributed by atoms with Gasteiger partial charge < -0.3 is 0 Å². The molecular formula is C13H15NO. The quantitative estimate of drug-likeness (QED) is 0.751. The SMILES string of the molecule is CC(C)C(=O)CCc1ccc(C#N)cc1. The van der Waals surface area contributed by atoms with Gasteiger partial charge in [-0.25, -0.2) is 0 Å². The molecule has 0 aliphatic rings. The Morgan fingerprint density at radius 1 is 1.33 bits per heavy atom. The van der Waals surface area contributed by atoms with Crippen molar-refractivity contribution in [2.45, 2.75) is 26.7 Å². The van der Waals surface area contributed by atoms with E-state index in [-0.39, 0.29) is 5.92 Å². The van der Waals surface area contributed by atoms with Gasteiger partial charge in [0.2, 0.25) is 0 Å². The van der Waals surface area contributed by atoms with Gasteiger partial charge in [-0.3, -0.25) is 4.79 Å². The van der Waals surface area contributed by atoms with Gasteiger partial charge in [-0.2, -0.15) is 5.26 Å². The third-order valence-corrected chi connectivity index (χ3v) is 2.39. The number of rotatable bonds is 4. The van der Waals surface area contributed by atoms with Crippen LogP contribution in [0.5, 0.6) is 0 Å². The van der Waals surface area contributed by atoms with Crippen LogP contribution in [-0.4, -0.2) is 5.78 Å². The minimum atomic E-state index is 0.114. The van der Waals surface area contributed by atoms with Crippen LogP contribution in [0.3, 0.4) is 0 Å². The highest BCUT2D eigenvalue weighted by molar-refractivity contribution is 5.80. The predicted molar refractivity (Wildman–Crippen MR) is 59.3 cm³/mol. The lowest BCUT2D eigenvalue weighted by atomic mass is 10.0. The van der Waals surface area contributed by atoms with Crippen molar-refractivity contribution in [3.8, 4) is 6.07 Å². The molecule has 0 radical (unpaired) electrons. The van der Waals surface area contributed by atoms with E-state index >= 15 is 0 Å². The van der Waals surface area contributed by atoms with Gasteiger partial charge >= 0.3 is 0 Å². The van der Waals surface area contributed by atoms with Gasteiger partial charge in [-0.15, -0.1) is 0 Å². The van der Waals surface area contributed by atoms with Crippen LogP contribution in [-0.2, 0) is 11.2 Å². The Bertz CT molecular complexity index is 371. The molecule has 0 aliphatic carbocycles. The van der Waals surface area contributed by atoms with Crippen molar-refractivity contribution in [1.82, 2.24) is 0 Å². The molecule has 0 spiro atoms. The lowest BCUT2D eigenvalue weighted by molar-refractivity contribution is -0.121. The van der Waals surface area contributed by atoms with Crippen molar-refractivity contribution >= 4 is 5.78 Å². The zero-order valence-corrected chi connectivity index (χ0v) is 9.16. The summed E-state index contributed by atoms with van der Waals surface area (Å²) in [6.07, 6.45) is 1.35. The van der Waals surface area contributed by atoms with Crippen molar-refractivity contribution in [2.75, 3.05) is 0 Å². The number of hydrogen-bond donors (Lipinski definition) is 0. The lowest BCUT2D eigenvalue weighted by Crippen LogP contribution is -2.07. The summed E-state index contributed by atoms with van der Waals surface area (Å²) in [7, 11) is 0. The third kappa shape index (κ3) is 3.55. The van der Waals surface area contributed by atoms with Crippen LogP contribution >= 0.6 is 0 Å². The second kappa shape index (κ2) is 5.31. The molecule has 0 fully saturated rings. The molecule has 1 rings (SSSR count). The summed E-state index contributed by atoms with van der Waals surface area (Å²) < 4.78 is 0. The summed E-state index contributed by atoms with van der Waals surface area (Å²) in [4.78, 5) is 11.4. The fourth-order valence-electron chi connectivity index (χ4n) is 1.30. The number of benzene rings is 1. The molecule has 1 aromatic carbocycles. The maximum absolute atomic E-state index is 11.4. The Kier molecular flexibility index (Phi) is 4.05. The summed E-state index contributed by atoms with van der Waals surface area (Å²) in [5.41, 5.74) is 1.77. The molecule has 0 saturated heterocycles. The Morgan fingerprint density at radius 2 is 1.93 bits per heavy atom. The molecule has 0 bridgehead atoms. The number of carbonyl (C=O) groups is 1. The van der Waals surface area contributed by atoms with E-state index in [2.05, 4.69) is 6.07 Å². The van der Waals surface area contributed by atoms with E-state index < -0.39 is 0 Å². The second-order valence-corrected chi connectivity index (χ2v) is 3.93. The first-order valence-corrected chi connectivity index (χ1v) is 5.15. The average Bonchev–Trinajstić information content (AvgIpc) is 2.26. The third-order valence-electron chi connectivity index (χ3n) is 2.39. The number of Topliss-reactive ketones (excluding diaryl/α,β-unsaturated/α-hetero) is 1. The highest BCUT2D eigenvalue weighted by atomic mass is 16.1. The molecule has 0 saturated carbocycles. The van der Waals surface area contributed by atoms with Crippen molar-refractivity contribution in [2.24, 2.45) is 5.92 Å². The highest BCUT2D eigenvalue weighted by Crippen LogP contribution is 2.08. The Hall–Kier alpha value is -1.62. The predicted octanol–water partition coefficient (Wildman–Crippen LogP) is 2.72. The normalized spacial score (nSPS) is 10.0. The van der Waals surface area contributed by atoms with Crippen molar-refractivity contribution < 1.29 is 4.79 Å². The molecule has 2 heteroatoms. The summed E-state index contributed by atoms with van der Waals surface area (Å²) >= 11 is 0. The van der Waals surface area contributed by atoms with E-state index in [4.69, 9.17) is 5.26 Å². The molecule has 78 valence electrons.